The molecule has 0 radical (unpaired) electrons. The molecule has 0 amide bonds. The largest absolute Gasteiger partial charge is 0.483 e. The molecule has 0 heterocycles. The first-order valence-corrected chi connectivity index (χ1v) is 7.35. The minimum atomic E-state index is -0.393. The molecule has 1 aromatic carbocycles. The number of nitro benzene ring substituents is 1. The van der Waals surface area contributed by atoms with Gasteiger partial charge in [-0.3, -0.25) is 10.1 Å². The molecule has 104 valence electrons. The second-order valence-electron chi connectivity index (χ2n) is 5.53. The molecule has 5 heteroatoms. The second-order valence-corrected chi connectivity index (χ2v) is 6.44. The zero-order valence-corrected chi connectivity index (χ0v) is 12.7. The molecule has 1 saturated carbocycles. The Labute approximate surface area is 121 Å². The number of hydrogen-bond acceptors (Lipinski definition) is 3. The van der Waals surface area contributed by atoms with Crippen molar-refractivity contribution in [1.29, 1.82) is 0 Å². The standard InChI is InChI=1S/C14H18BrNO3/c1-9-5-10(2)7-12(6-9)19-14-4-3-11(15)8-13(14)16(17)18/h3-4,8-10,12H,5-7H2,1-2H3. The van der Waals surface area contributed by atoms with Gasteiger partial charge in [-0.25, -0.2) is 0 Å². The molecule has 1 aromatic rings. The third-order valence-corrected chi connectivity index (χ3v) is 4.04. The van der Waals surface area contributed by atoms with Crippen molar-refractivity contribution in [3.8, 4) is 5.75 Å². The number of nitro groups is 1. The van der Waals surface area contributed by atoms with Gasteiger partial charge in [0.05, 0.1) is 11.0 Å². The summed E-state index contributed by atoms with van der Waals surface area (Å²) >= 11 is 3.25. The second kappa shape index (κ2) is 5.90. The van der Waals surface area contributed by atoms with Crippen LogP contribution in [0.2, 0.25) is 0 Å². The molecule has 1 aliphatic rings. The molecule has 1 fully saturated rings. The number of ether oxygens (including phenoxy) is 1. The van der Waals surface area contributed by atoms with Crippen LogP contribution >= 0.6 is 15.9 Å². The Morgan fingerprint density at radius 1 is 1.26 bits per heavy atom. The van der Waals surface area contributed by atoms with Gasteiger partial charge in [0, 0.05) is 10.5 Å². The molecule has 0 bridgehead atoms. The van der Waals surface area contributed by atoms with Gasteiger partial charge in [0.25, 0.3) is 0 Å². The lowest BCUT2D eigenvalue weighted by atomic mass is 9.82. The highest BCUT2D eigenvalue weighted by Crippen LogP contribution is 2.35. The topological polar surface area (TPSA) is 52.4 Å². The van der Waals surface area contributed by atoms with E-state index < -0.39 is 4.92 Å². The summed E-state index contributed by atoms with van der Waals surface area (Å²) in [4.78, 5) is 10.7. The van der Waals surface area contributed by atoms with Crippen LogP contribution < -0.4 is 4.74 Å². The van der Waals surface area contributed by atoms with Crippen molar-refractivity contribution in [2.45, 2.75) is 39.2 Å². The number of rotatable bonds is 3. The highest BCUT2D eigenvalue weighted by Gasteiger charge is 2.27. The summed E-state index contributed by atoms with van der Waals surface area (Å²) in [5.41, 5.74) is 0.0280. The van der Waals surface area contributed by atoms with Crippen LogP contribution in [0.25, 0.3) is 0 Å². The van der Waals surface area contributed by atoms with Crippen LogP contribution in [-0.4, -0.2) is 11.0 Å². The van der Waals surface area contributed by atoms with E-state index in [1.54, 1.807) is 12.1 Å². The monoisotopic (exact) mass is 327 g/mol. The van der Waals surface area contributed by atoms with Crippen molar-refractivity contribution in [2.24, 2.45) is 11.8 Å². The molecule has 19 heavy (non-hydrogen) atoms. The van der Waals surface area contributed by atoms with E-state index in [-0.39, 0.29) is 11.8 Å². The van der Waals surface area contributed by atoms with Gasteiger partial charge in [-0.05, 0) is 43.2 Å². The molecule has 4 nitrogen and oxygen atoms in total. The maximum Gasteiger partial charge on any atom is 0.312 e. The average Bonchev–Trinajstić information content (AvgIpc) is 2.30. The summed E-state index contributed by atoms with van der Waals surface area (Å²) in [6, 6.07) is 4.94. The van der Waals surface area contributed by atoms with Crippen molar-refractivity contribution in [3.05, 3.63) is 32.8 Å². The molecule has 0 aliphatic heterocycles. The Hall–Kier alpha value is -1.10. The fraction of sp³-hybridized carbons (Fsp3) is 0.571. The predicted molar refractivity (Wildman–Crippen MR) is 77.4 cm³/mol. The van der Waals surface area contributed by atoms with Crippen LogP contribution in [0, 0.1) is 22.0 Å². The highest BCUT2D eigenvalue weighted by atomic mass is 79.9. The molecule has 0 aromatic heterocycles. The van der Waals surface area contributed by atoms with Gasteiger partial charge in [0.2, 0.25) is 0 Å². The summed E-state index contributed by atoms with van der Waals surface area (Å²) < 4.78 is 6.57. The van der Waals surface area contributed by atoms with Gasteiger partial charge in [-0.2, -0.15) is 0 Å². The minimum absolute atomic E-state index is 0.0280. The predicted octanol–water partition coefficient (Wildman–Crippen LogP) is 4.56. The quantitative estimate of drug-likeness (QED) is 0.604. The van der Waals surface area contributed by atoms with E-state index >= 15 is 0 Å². The van der Waals surface area contributed by atoms with E-state index in [1.165, 1.54) is 12.5 Å². The van der Waals surface area contributed by atoms with Crippen LogP contribution in [-0.2, 0) is 0 Å². The van der Waals surface area contributed by atoms with Crippen LogP contribution in [0.1, 0.15) is 33.1 Å². The van der Waals surface area contributed by atoms with E-state index in [9.17, 15) is 10.1 Å². The van der Waals surface area contributed by atoms with Gasteiger partial charge in [-0.15, -0.1) is 0 Å². The van der Waals surface area contributed by atoms with Crippen LogP contribution in [0.4, 0.5) is 5.69 Å². The minimum Gasteiger partial charge on any atom is -0.483 e. The number of nitrogens with zero attached hydrogens (tertiary/aromatic N) is 1. The van der Waals surface area contributed by atoms with Crippen molar-refractivity contribution in [2.75, 3.05) is 0 Å². The van der Waals surface area contributed by atoms with Crippen LogP contribution in [0.5, 0.6) is 5.75 Å². The van der Waals surface area contributed by atoms with Crippen molar-refractivity contribution >= 4 is 21.6 Å². The molecule has 0 spiro atoms. The molecule has 1 aliphatic carbocycles. The first-order valence-electron chi connectivity index (χ1n) is 6.56. The first-order chi connectivity index (χ1) is 8.95. The van der Waals surface area contributed by atoms with Gasteiger partial charge < -0.3 is 4.74 Å². The summed E-state index contributed by atoms with van der Waals surface area (Å²) in [5.74, 6) is 1.60. The first kappa shape index (κ1) is 14.3. The summed E-state index contributed by atoms with van der Waals surface area (Å²) in [7, 11) is 0. The molecule has 0 N–H and O–H groups in total. The van der Waals surface area contributed by atoms with E-state index in [0.717, 1.165) is 12.8 Å². The van der Waals surface area contributed by atoms with Crippen LogP contribution in [0.3, 0.4) is 0 Å². The normalized spacial score (nSPS) is 27.0. The van der Waals surface area contributed by atoms with E-state index in [1.807, 2.05) is 0 Å². The fourth-order valence-corrected chi connectivity index (χ4v) is 3.23. The highest BCUT2D eigenvalue weighted by molar-refractivity contribution is 9.10. The van der Waals surface area contributed by atoms with Crippen molar-refractivity contribution in [1.82, 2.24) is 0 Å². The Morgan fingerprint density at radius 2 is 1.89 bits per heavy atom. The van der Waals surface area contributed by atoms with Crippen molar-refractivity contribution < 1.29 is 9.66 Å². The van der Waals surface area contributed by atoms with Crippen molar-refractivity contribution in [3.63, 3.8) is 0 Å². The number of hydrogen-bond donors (Lipinski definition) is 0. The molecule has 2 atom stereocenters. The maximum atomic E-state index is 11.0. The molecule has 2 rings (SSSR count). The third kappa shape index (κ3) is 3.69. The lowest BCUT2D eigenvalue weighted by Gasteiger charge is -2.31. The Bertz CT molecular complexity index is 468. The van der Waals surface area contributed by atoms with E-state index in [2.05, 4.69) is 29.8 Å². The smallest absolute Gasteiger partial charge is 0.312 e. The van der Waals surface area contributed by atoms with E-state index in [4.69, 9.17) is 4.74 Å². The lowest BCUT2D eigenvalue weighted by molar-refractivity contribution is -0.386. The van der Waals surface area contributed by atoms with Crippen LogP contribution in [0.15, 0.2) is 22.7 Å². The van der Waals surface area contributed by atoms with Gasteiger partial charge in [-0.1, -0.05) is 29.8 Å². The Morgan fingerprint density at radius 3 is 2.47 bits per heavy atom. The summed E-state index contributed by atoms with van der Waals surface area (Å²) in [6.45, 7) is 4.42. The van der Waals surface area contributed by atoms with E-state index in [0.29, 0.717) is 22.1 Å². The fourth-order valence-electron chi connectivity index (χ4n) is 2.88. The third-order valence-electron chi connectivity index (χ3n) is 3.55. The van der Waals surface area contributed by atoms with Gasteiger partial charge in [0.1, 0.15) is 0 Å². The van der Waals surface area contributed by atoms with Gasteiger partial charge in [0.15, 0.2) is 5.75 Å². The number of benzene rings is 1. The average molecular weight is 328 g/mol. The molecular formula is C14H18BrNO3. The summed E-state index contributed by atoms with van der Waals surface area (Å²) in [6.07, 6.45) is 3.23. The molecule has 0 saturated heterocycles. The zero-order valence-electron chi connectivity index (χ0n) is 11.1. The molecular weight excluding hydrogens is 310 g/mol. The Kier molecular flexibility index (Phi) is 4.45. The maximum absolute atomic E-state index is 11.0. The lowest BCUT2D eigenvalue weighted by Crippen LogP contribution is -2.28. The molecule has 2 unspecified atom stereocenters. The SMILES string of the molecule is CC1CC(C)CC(Oc2ccc(Br)cc2[N+](=O)[O-])C1. The Balaban J connectivity index is 2.16. The number of halogens is 1. The zero-order chi connectivity index (χ0) is 14.0. The van der Waals surface area contributed by atoms with Gasteiger partial charge >= 0.3 is 5.69 Å². The summed E-state index contributed by atoms with van der Waals surface area (Å²) in [5, 5.41) is 11.0.